The normalized spacial score (nSPS) is 13.8. The summed E-state index contributed by atoms with van der Waals surface area (Å²) in [5, 5.41) is 0. The van der Waals surface area contributed by atoms with Crippen LogP contribution in [0.25, 0.3) is 6.08 Å². The Bertz CT molecular complexity index is 298. The van der Waals surface area contributed by atoms with Gasteiger partial charge in [0.2, 0.25) is 0 Å². The van der Waals surface area contributed by atoms with E-state index in [1.54, 1.807) is 0 Å². The second-order valence-electron chi connectivity index (χ2n) is 3.22. The van der Waals surface area contributed by atoms with Crippen LogP contribution in [0.5, 0.6) is 0 Å². The van der Waals surface area contributed by atoms with Crippen molar-refractivity contribution in [3.63, 3.8) is 0 Å². The summed E-state index contributed by atoms with van der Waals surface area (Å²) in [5.74, 6) is 0.0141. The first kappa shape index (κ1) is 9.72. The highest BCUT2D eigenvalue weighted by atomic mass is 16.1. The Kier molecular flexibility index (Phi) is 3.44. The molecule has 0 aromatic heterocycles. The third-order valence-electron chi connectivity index (χ3n) is 2.12. The molecule has 0 heterocycles. The molecule has 0 spiro atoms. The molecular formula is C12H14O. The fourth-order valence-corrected chi connectivity index (χ4v) is 1.05. The average Bonchev–Trinajstić information content (AvgIpc) is 2.18. The Hall–Kier alpha value is -1.37. The zero-order valence-electron chi connectivity index (χ0n) is 8.03. The maximum absolute atomic E-state index is 10.5. The van der Waals surface area contributed by atoms with Crippen LogP contribution in [0.2, 0.25) is 0 Å². The van der Waals surface area contributed by atoms with E-state index >= 15 is 0 Å². The van der Waals surface area contributed by atoms with Crippen molar-refractivity contribution in [1.82, 2.24) is 0 Å². The minimum absolute atomic E-state index is 0.0141. The van der Waals surface area contributed by atoms with Crippen molar-refractivity contribution in [3.8, 4) is 0 Å². The van der Waals surface area contributed by atoms with Crippen molar-refractivity contribution >= 4 is 12.4 Å². The standard InChI is InChI=1S/C12H14O/c1-10(11(2)9-13)8-12-6-4-3-5-7-12/h3-9,11H,1-2H3/b10-8+. The van der Waals surface area contributed by atoms with Crippen molar-refractivity contribution in [2.45, 2.75) is 13.8 Å². The molecule has 1 heteroatoms. The van der Waals surface area contributed by atoms with Gasteiger partial charge in [0.05, 0.1) is 0 Å². The van der Waals surface area contributed by atoms with Crippen LogP contribution in [-0.2, 0) is 4.79 Å². The van der Waals surface area contributed by atoms with Crippen LogP contribution < -0.4 is 0 Å². The van der Waals surface area contributed by atoms with Gasteiger partial charge in [0.25, 0.3) is 0 Å². The molecule has 0 bridgehead atoms. The first-order valence-corrected chi connectivity index (χ1v) is 4.42. The van der Waals surface area contributed by atoms with Crippen LogP contribution in [0.3, 0.4) is 0 Å². The van der Waals surface area contributed by atoms with Crippen molar-refractivity contribution in [1.29, 1.82) is 0 Å². The molecule has 1 unspecified atom stereocenters. The van der Waals surface area contributed by atoms with E-state index < -0.39 is 0 Å². The highest BCUT2D eigenvalue weighted by Crippen LogP contribution is 2.12. The third-order valence-corrected chi connectivity index (χ3v) is 2.12. The number of carbonyl (C=O) groups is 1. The fraction of sp³-hybridized carbons (Fsp3) is 0.250. The Morgan fingerprint density at radius 1 is 1.31 bits per heavy atom. The van der Waals surface area contributed by atoms with Crippen molar-refractivity contribution < 1.29 is 4.79 Å². The molecule has 0 amide bonds. The smallest absolute Gasteiger partial charge is 0.126 e. The van der Waals surface area contributed by atoms with E-state index in [9.17, 15) is 4.79 Å². The minimum atomic E-state index is 0.0141. The number of hydrogen-bond acceptors (Lipinski definition) is 1. The van der Waals surface area contributed by atoms with Crippen LogP contribution in [0.4, 0.5) is 0 Å². The number of aldehydes is 1. The lowest BCUT2D eigenvalue weighted by Crippen LogP contribution is -1.96. The summed E-state index contributed by atoms with van der Waals surface area (Å²) in [6.45, 7) is 3.88. The van der Waals surface area contributed by atoms with E-state index in [0.717, 1.165) is 17.4 Å². The number of allylic oxidation sites excluding steroid dienone is 1. The number of rotatable bonds is 3. The minimum Gasteiger partial charge on any atom is -0.303 e. The molecule has 1 aromatic carbocycles. The number of carbonyl (C=O) groups excluding carboxylic acids is 1. The molecule has 0 aliphatic carbocycles. The van der Waals surface area contributed by atoms with E-state index in [2.05, 4.69) is 0 Å². The van der Waals surface area contributed by atoms with Gasteiger partial charge in [0.15, 0.2) is 0 Å². The summed E-state index contributed by atoms with van der Waals surface area (Å²) < 4.78 is 0. The van der Waals surface area contributed by atoms with Gasteiger partial charge in [-0.1, -0.05) is 48.9 Å². The van der Waals surface area contributed by atoms with E-state index in [0.29, 0.717) is 0 Å². The zero-order valence-corrected chi connectivity index (χ0v) is 8.03. The molecular weight excluding hydrogens is 160 g/mol. The van der Waals surface area contributed by atoms with E-state index in [1.165, 1.54) is 0 Å². The molecule has 0 aliphatic heterocycles. The molecule has 1 nitrogen and oxygen atoms in total. The van der Waals surface area contributed by atoms with E-state index in [-0.39, 0.29) is 5.92 Å². The Morgan fingerprint density at radius 2 is 1.92 bits per heavy atom. The third kappa shape index (κ3) is 2.86. The summed E-state index contributed by atoms with van der Waals surface area (Å²) in [5.41, 5.74) is 2.25. The molecule has 0 aliphatic rings. The zero-order chi connectivity index (χ0) is 9.68. The molecule has 1 atom stereocenters. The molecule has 1 aromatic rings. The maximum atomic E-state index is 10.5. The van der Waals surface area contributed by atoms with Gasteiger partial charge in [-0.05, 0) is 12.5 Å². The summed E-state index contributed by atoms with van der Waals surface area (Å²) in [4.78, 5) is 10.5. The highest BCUT2D eigenvalue weighted by Gasteiger charge is 2.00. The molecule has 0 N–H and O–H groups in total. The van der Waals surface area contributed by atoms with Crippen LogP contribution in [0.1, 0.15) is 19.4 Å². The first-order chi connectivity index (χ1) is 6.24. The number of hydrogen-bond donors (Lipinski definition) is 0. The van der Waals surface area contributed by atoms with Gasteiger partial charge in [-0.2, -0.15) is 0 Å². The second kappa shape index (κ2) is 4.61. The van der Waals surface area contributed by atoms with E-state index in [1.807, 2.05) is 50.3 Å². The van der Waals surface area contributed by atoms with Gasteiger partial charge in [-0.25, -0.2) is 0 Å². The van der Waals surface area contributed by atoms with E-state index in [4.69, 9.17) is 0 Å². The molecule has 0 saturated carbocycles. The predicted molar refractivity (Wildman–Crippen MR) is 55.3 cm³/mol. The molecule has 68 valence electrons. The van der Waals surface area contributed by atoms with Crippen LogP contribution >= 0.6 is 0 Å². The lowest BCUT2D eigenvalue weighted by molar-refractivity contribution is -0.109. The SMILES string of the molecule is C/C(=C\c1ccccc1)C(C)C=O. The van der Waals surface area contributed by atoms with Gasteiger partial charge in [0.1, 0.15) is 6.29 Å². The fourth-order valence-electron chi connectivity index (χ4n) is 1.05. The van der Waals surface area contributed by atoms with Gasteiger partial charge in [-0.15, -0.1) is 0 Å². The van der Waals surface area contributed by atoms with Crippen molar-refractivity contribution in [2.24, 2.45) is 5.92 Å². The van der Waals surface area contributed by atoms with Gasteiger partial charge in [0, 0.05) is 5.92 Å². The molecule has 1 rings (SSSR count). The molecule has 0 fully saturated rings. The number of benzene rings is 1. The molecule has 0 radical (unpaired) electrons. The van der Waals surface area contributed by atoms with Crippen LogP contribution in [0.15, 0.2) is 35.9 Å². The lowest BCUT2D eigenvalue weighted by Gasteiger charge is -2.03. The van der Waals surface area contributed by atoms with Crippen LogP contribution in [0, 0.1) is 5.92 Å². The summed E-state index contributed by atoms with van der Waals surface area (Å²) in [6, 6.07) is 10.0. The lowest BCUT2D eigenvalue weighted by atomic mass is 10.0. The Morgan fingerprint density at radius 3 is 2.46 bits per heavy atom. The van der Waals surface area contributed by atoms with Gasteiger partial charge < -0.3 is 4.79 Å². The van der Waals surface area contributed by atoms with Gasteiger partial charge in [-0.3, -0.25) is 0 Å². The monoisotopic (exact) mass is 174 g/mol. The maximum Gasteiger partial charge on any atom is 0.126 e. The second-order valence-corrected chi connectivity index (χ2v) is 3.22. The average molecular weight is 174 g/mol. The Labute approximate surface area is 79.1 Å². The quantitative estimate of drug-likeness (QED) is 0.644. The van der Waals surface area contributed by atoms with Crippen LogP contribution in [-0.4, -0.2) is 6.29 Å². The summed E-state index contributed by atoms with van der Waals surface area (Å²) in [6.07, 6.45) is 3.01. The van der Waals surface area contributed by atoms with Gasteiger partial charge >= 0.3 is 0 Å². The summed E-state index contributed by atoms with van der Waals surface area (Å²) in [7, 11) is 0. The van der Waals surface area contributed by atoms with Crippen molar-refractivity contribution in [2.75, 3.05) is 0 Å². The molecule has 0 saturated heterocycles. The predicted octanol–water partition coefficient (Wildman–Crippen LogP) is 2.92. The highest BCUT2D eigenvalue weighted by molar-refractivity contribution is 5.64. The Balaban J connectivity index is 2.82. The molecule has 13 heavy (non-hydrogen) atoms. The summed E-state index contributed by atoms with van der Waals surface area (Å²) >= 11 is 0. The van der Waals surface area contributed by atoms with Crippen molar-refractivity contribution in [3.05, 3.63) is 41.5 Å². The topological polar surface area (TPSA) is 17.1 Å². The first-order valence-electron chi connectivity index (χ1n) is 4.42. The largest absolute Gasteiger partial charge is 0.303 e.